The molecule has 6 aromatic rings. The maximum Gasteiger partial charge on any atom is 1.00 e. The van der Waals surface area contributed by atoms with Crippen LogP contribution in [0.15, 0.2) is 82.6 Å². The molecule has 2 aromatic heterocycles. The van der Waals surface area contributed by atoms with E-state index in [1.165, 1.54) is 46.8 Å². The third-order valence-electron chi connectivity index (χ3n) is 17.9. The molecule has 4 heterocycles. The van der Waals surface area contributed by atoms with Crippen molar-refractivity contribution in [1.82, 2.24) is 29.6 Å². The Hall–Kier alpha value is -7.32. The summed E-state index contributed by atoms with van der Waals surface area (Å²) in [6.07, 6.45) is -19.1. The Balaban J connectivity index is 0.000000695. The molecule has 2 aliphatic rings. The van der Waals surface area contributed by atoms with Gasteiger partial charge in [0.2, 0.25) is 11.8 Å². The summed E-state index contributed by atoms with van der Waals surface area (Å²) in [7, 11) is 0. The predicted molar refractivity (Wildman–Crippen MR) is 370 cm³/mol. The number of rotatable bonds is 25. The summed E-state index contributed by atoms with van der Waals surface area (Å²) in [5.41, 5.74) is -10.2. The standard InChI is InChI=1S/C37H41F8N3O4.C35H37F8N3O4.Li.2H2O.2H2S/c1-6-52-32(50)18-29(25-15-24(16-27(34(25)39)37(43,44)45)33-21(4)8-9-28(38)22(33)5)46-35(51)30(14-20(2)3)48-19-23(10-13-47-11-7-12-47)26(17-31(48)49)36(40,41)42;1-18(2)12-28(46-17-21(8-11-45-9-5-10-45)24(15-29(46)47)34(38,39)40)33(50)44-27(16-30(48)49)23-13-22(14-25(32(23)37)35(41,42)43)31-19(3)6-7-26(36)20(31)4;;;;;/h8-9,15-17,19-20,29-30H,6-7,10-14,18H2,1-5H3,(H,46,51);6-7,13-15,17-18,27-28H,5,8-12,16H2,1-4H3,(H,44,50)(H,48,49);;4*1H2/q;;+1;;;;/p-2/t29-,30?;27-,28?;;;;;/m00...../s1. The fourth-order valence-electron chi connectivity index (χ4n) is 12.6. The quantitative estimate of drug-likeness (QED) is 0.0276. The average molecular weight is 1570 g/mol. The van der Waals surface area contributed by atoms with Crippen molar-refractivity contribution < 1.29 is 129 Å². The minimum absolute atomic E-state index is 0. The molecule has 5 N–H and O–H groups in total. The van der Waals surface area contributed by atoms with Gasteiger partial charge in [0.15, 0.2) is 0 Å². The molecule has 4 atom stereocenters. The predicted octanol–water partition coefficient (Wildman–Crippen LogP) is 12.6. The van der Waals surface area contributed by atoms with Gasteiger partial charge >= 0.3 is 55.5 Å². The maximum absolute atomic E-state index is 16.0. The number of carbonyl (C=O) groups is 4. The first kappa shape index (κ1) is 95.8. The Kier molecular flexibility index (Phi) is 35.2. The zero-order valence-electron chi connectivity index (χ0n) is 60.0. The van der Waals surface area contributed by atoms with Crippen LogP contribution in [0.1, 0.15) is 164 Å². The van der Waals surface area contributed by atoms with Gasteiger partial charge in [-0.3, -0.25) is 28.8 Å². The number of benzene rings is 4. The van der Waals surface area contributed by atoms with Crippen LogP contribution in [-0.4, -0.2) is 105 Å². The van der Waals surface area contributed by atoms with Gasteiger partial charge in [-0.25, -0.2) is 17.6 Å². The second-order valence-corrected chi connectivity index (χ2v) is 26.4. The van der Waals surface area contributed by atoms with Crippen LogP contribution in [0.2, 0.25) is 0 Å². The molecule has 0 bridgehead atoms. The van der Waals surface area contributed by atoms with Gasteiger partial charge in [-0.1, -0.05) is 39.8 Å². The molecule has 588 valence electrons. The third kappa shape index (κ3) is 24.1. The summed E-state index contributed by atoms with van der Waals surface area (Å²) in [4.78, 5) is 83.1. The number of hydrogen-bond acceptors (Lipinski definition) is 11. The van der Waals surface area contributed by atoms with Crippen LogP contribution in [0.4, 0.5) is 70.2 Å². The van der Waals surface area contributed by atoms with Gasteiger partial charge in [-0.15, -0.1) is 0 Å². The summed E-state index contributed by atoms with van der Waals surface area (Å²) in [5.74, 6) is -10.7. The van der Waals surface area contributed by atoms with Gasteiger partial charge in [0.05, 0.1) is 53.8 Å². The van der Waals surface area contributed by atoms with E-state index in [2.05, 4.69) is 10.6 Å². The van der Waals surface area contributed by atoms with Crippen LogP contribution >= 0.6 is 27.0 Å². The molecule has 2 unspecified atom stereocenters. The number of carbonyl (C=O) groups excluding carboxylic acids is 3. The minimum atomic E-state index is -5.29. The number of carboxylic acids is 1. The summed E-state index contributed by atoms with van der Waals surface area (Å²) < 4.78 is 237. The van der Waals surface area contributed by atoms with Crippen LogP contribution < -0.4 is 40.6 Å². The molecule has 2 aliphatic heterocycles. The van der Waals surface area contributed by atoms with E-state index >= 15 is 8.78 Å². The summed E-state index contributed by atoms with van der Waals surface area (Å²) in [6, 6.07) is 1.72. The van der Waals surface area contributed by atoms with Crippen molar-refractivity contribution in [2.24, 2.45) is 11.8 Å². The van der Waals surface area contributed by atoms with Crippen molar-refractivity contribution >= 4 is 50.7 Å². The van der Waals surface area contributed by atoms with Gasteiger partial charge in [-0.2, -0.15) is 79.7 Å². The molecule has 16 nitrogen and oxygen atoms in total. The van der Waals surface area contributed by atoms with Crippen molar-refractivity contribution in [3.63, 3.8) is 0 Å². The molecule has 0 spiro atoms. The molecule has 35 heteroatoms. The van der Waals surface area contributed by atoms with E-state index in [-0.39, 0.29) is 159 Å². The van der Waals surface area contributed by atoms with E-state index in [0.717, 1.165) is 58.6 Å². The summed E-state index contributed by atoms with van der Waals surface area (Å²) >= 11 is 0. The zero-order chi connectivity index (χ0) is 76.0. The van der Waals surface area contributed by atoms with Gasteiger partial charge < -0.3 is 50.4 Å². The van der Waals surface area contributed by atoms with E-state index in [9.17, 15) is 95.3 Å². The first-order valence-corrected chi connectivity index (χ1v) is 32.8. The Bertz CT molecular complexity index is 4220. The zero-order valence-corrected chi connectivity index (χ0v) is 62.0. The van der Waals surface area contributed by atoms with E-state index in [0.29, 0.717) is 61.6 Å². The SMILES string of the molecule is CCOC(=O)C[C@H](NC(=O)C(CC(C)C)n1cc(CCN2CCC2)c(C(F)(F)F)cc1=O)c1cc(-c2c(C)ccc(F)c2C)cc(C(F)(F)F)c1F.Cc1ccc(F)c(C)c1-c1cc([C@H](CC(=O)O)NC(=O)C(CC(C)C)n2cc(CCN3CCC3)c(C(F)(F)F)cc2=O)c(F)c(C(F)(F)F)c1.S.S.[Li+].[OH-].[OH-]. The van der Waals surface area contributed by atoms with E-state index in [1.54, 1.807) is 27.7 Å². The van der Waals surface area contributed by atoms with E-state index in [1.807, 2.05) is 9.80 Å². The smallest absolute Gasteiger partial charge is 0.870 e. The van der Waals surface area contributed by atoms with Gasteiger partial charge in [0, 0.05) is 48.7 Å². The fraction of sp³-hybridized carbons (Fsp3) is 0.472. The number of ether oxygens (including phenoxy) is 1. The van der Waals surface area contributed by atoms with E-state index in [4.69, 9.17) is 4.74 Å². The number of aromatic nitrogens is 2. The number of nitrogens with zero attached hydrogens (tertiary/aromatic N) is 4. The first-order valence-electron chi connectivity index (χ1n) is 32.8. The van der Waals surface area contributed by atoms with Crippen LogP contribution in [0.25, 0.3) is 22.3 Å². The number of esters is 1. The molecular weight excluding hydrogens is 1480 g/mol. The van der Waals surface area contributed by atoms with Crippen LogP contribution in [0.3, 0.4) is 0 Å². The van der Waals surface area contributed by atoms with Crippen LogP contribution in [0, 0.1) is 62.8 Å². The van der Waals surface area contributed by atoms with Crippen molar-refractivity contribution in [2.45, 2.75) is 163 Å². The Morgan fingerprint density at radius 3 is 1.15 bits per heavy atom. The average Bonchev–Trinajstić information content (AvgIpc) is 0.784. The number of halogens is 16. The van der Waals surface area contributed by atoms with Gasteiger partial charge in [0.25, 0.3) is 11.1 Å². The Morgan fingerprint density at radius 1 is 0.523 bits per heavy atom. The monoisotopic (exact) mass is 1570 g/mol. The Labute approximate surface area is 632 Å². The second kappa shape index (κ2) is 39.4. The van der Waals surface area contributed by atoms with Crippen molar-refractivity contribution in [1.29, 1.82) is 0 Å². The topological polar surface area (TPSA) is 232 Å². The van der Waals surface area contributed by atoms with E-state index < -0.39 is 153 Å². The summed E-state index contributed by atoms with van der Waals surface area (Å²) in [6.45, 7) is 16.9. The fourth-order valence-corrected chi connectivity index (χ4v) is 12.6. The molecule has 107 heavy (non-hydrogen) atoms. The molecule has 0 saturated carbocycles. The molecule has 2 saturated heterocycles. The van der Waals surface area contributed by atoms with Crippen molar-refractivity contribution in [3.05, 3.63) is 184 Å². The number of amides is 2. The molecule has 2 amide bonds. The number of likely N-dealkylation sites (tertiary alicyclic amines) is 2. The third-order valence-corrected chi connectivity index (χ3v) is 17.9. The molecule has 0 radical (unpaired) electrons. The van der Waals surface area contributed by atoms with Gasteiger partial charge in [0.1, 0.15) is 35.4 Å². The number of pyridine rings is 2. The first-order chi connectivity index (χ1) is 47.4. The normalized spacial score (nSPS) is 14.3. The Morgan fingerprint density at radius 2 is 0.860 bits per heavy atom. The number of carboxylic acid groups (broad SMARTS) is 1. The maximum atomic E-state index is 16.0. The molecule has 2 fully saturated rings. The van der Waals surface area contributed by atoms with Crippen molar-refractivity contribution in [3.8, 4) is 22.3 Å². The molecule has 4 aromatic carbocycles. The van der Waals surface area contributed by atoms with Crippen molar-refractivity contribution in [2.75, 3.05) is 45.9 Å². The largest absolute Gasteiger partial charge is 1.00 e. The number of aliphatic carboxylic acids is 1. The molecule has 0 aliphatic carbocycles. The summed E-state index contributed by atoms with van der Waals surface area (Å²) in [5, 5.41) is 14.4. The van der Waals surface area contributed by atoms with Crippen LogP contribution in [0.5, 0.6) is 0 Å². The number of nitrogens with one attached hydrogen (secondary N) is 2. The number of alkyl halides is 12. The molecular formula is C72H84F16LiN6O10S2-. The minimum Gasteiger partial charge on any atom is -0.870 e. The second-order valence-electron chi connectivity index (χ2n) is 26.4. The van der Waals surface area contributed by atoms with Crippen LogP contribution in [-0.2, 0) is 61.5 Å². The number of aryl methyl sites for hydroxylation is 2. The number of hydrogen-bond donors (Lipinski definition) is 3. The van der Waals surface area contributed by atoms with Gasteiger partial charge in [-0.05, 0) is 203 Å². The molecule has 8 rings (SSSR count).